The van der Waals surface area contributed by atoms with Crippen LogP contribution in [0.15, 0.2) is 18.2 Å². The van der Waals surface area contributed by atoms with Crippen molar-refractivity contribution in [2.45, 2.75) is 65.1 Å². The summed E-state index contributed by atoms with van der Waals surface area (Å²) in [6, 6.07) is 10.2. The monoisotopic (exact) mass is 256 g/mol. The number of hydrogen-bond donors (Lipinski definition) is 0. The summed E-state index contributed by atoms with van der Waals surface area (Å²) in [5, 5.41) is 9.27. The Kier molecular flexibility index (Phi) is 4.27. The minimum atomic E-state index is 0.556. The first kappa shape index (κ1) is 14.1. The predicted molar refractivity (Wildman–Crippen MR) is 79.1 cm³/mol. The number of aryl methyl sites for hydroxylation is 1. The van der Waals surface area contributed by atoms with Gasteiger partial charge in [0.25, 0.3) is 0 Å². The molecule has 102 valence electrons. The molecule has 0 N–H and O–H groups in total. The molecular weight excluding hydrogens is 232 g/mol. The third-order valence-electron chi connectivity index (χ3n) is 4.19. The summed E-state index contributed by atoms with van der Waals surface area (Å²) in [4.78, 5) is 2.59. The van der Waals surface area contributed by atoms with Crippen LogP contribution in [0.25, 0.3) is 0 Å². The van der Waals surface area contributed by atoms with Crippen molar-refractivity contribution in [2.24, 2.45) is 0 Å². The fourth-order valence-electron chi connectivity index (χ4n) is 3.57. The molecule has 0 spiro atoms. The van der Waals surface area contributed by atoms with Crippen LogP contribution in [0.3, 0.4) is 0 Å². The normalized spacial score (nSPS) is 18.7. The minimum absolute atomic E-state index is 0.556. The fraction of sp³-hybridized carbons (Fsp3) is 0.588. The van der Waals surface area contributed by atoms with Gasteiger partial charge in [0, 0.05) is 18.1 Å². The van der Waals surface area contributed by atoms with Crippen LogP contribution in [0.1, 0.15) is 50.8 Å². The summed E-state index contributed by atoms with van der Waals surface area (Å²) in [7, 11) is 0. The van der Waals surface area contributed by atoms with Gasteiger partial charge in [-0.1, -0.05) is 12.1 Å². The van der Waals surface area contributed by atoms with Crippen molar-refractivity contribution in [3.8, 4) is 6.07 Å². The Hall–Kier alpha value is -1.33. The molecule has 2 rings (SSSR count). The summed E-state index contributed by atoms with van der Waals surface area (Å²) >= 11 is 0. The van der Waals surface area contributed by atoms with Gasteiger partial charge in [-0.3, -0.25) is 4.90 Å². The highest BCUT2D eigenvalue weighted by Gasteiger charge is 2.28. The second kappa shape index (κ2) is 5.75. The average molecular weight is 256 g/mol. The first-order valence-corrected chi connectivity index (χ1v) is 7.33. The van der Waals surface area contributed by atoms with Crippen LogP contribution in [0, 0.1) is 11.3 Å². The molecule has 1 aliphatic carbocycles. The second-order valence-electron chi connectivity index (χ2n) is 6.09. The number of benzene rings is 1. The molecule has 0 bridgehead atoms. The summed E-state index contributed by atoms with van der Waals surface area (Å²) in [6.45, 7) is 9.08. The fourth-order valence-corrected chi connectivity index (χ4v) is 3.57. The highest BCUT2D eigenvalue weighted by Crippen LogP contribution is 2.29. The lowest BCUT2D eigenvalue weighted by Gasteiger charge is -2.41. The van der Waals surface area contributed by atoms with E-state index in [-0.39, 0.29) is 0 Å². The molecule has 2 heteroatoms. The number of fused-ring (bicyclic) bond motifs is 1. The maximum Gasteiger partial charge on any atom is 0.0994 e. The summed E-state index contributed by atoms with van der Waals surface area (Å²) in [5.41, 5.74) is 3.53. The van der Waals surface area contributed by atoms with Crippen molar-refractivity contribution >= 4 is 0 Å². The molecule has 2 nitrogen and oxygen atoms in total. The molecule has 1 atom stereocenters. The average Bonchev–Trinajstić information content (AvgIpc) is 2.37. The zero-order valence-corrected chi connectivity index (χ0v) is 12.5. The van der Waals surface area contributed by atoms with E-state index in [2.05, 4.69) is 44.7 Å². The quantitative estimate of drug-likeness (QED) is 0.827. The number of nitriles is 1. The van der Waals surface area contributed by atoms with Crippen LogP contribution in [-0.2, 0) is 12.8 Å². The van der Waals surface area contributed by atoms with Gasteiger partial charge in [0.15, 0.2) is 0 Å². The molecule has 0 amide bonds. The summed E-state index contributed by atoms with van der Waals surface area (Å²) in [6.07, 6.45) is 3.33. The van der Waals surface area contributed by atoms with Gasteiger partial charge in [-0.15, -0.1) is 0 Å². The van der Waals surface area contributed by atoms with Crippen molar-refractivity contribution in [1.82, 2.24) is 4.90 Å². The van der Waals surface area contributed by atoms with Crippen LogP contribution in [0.4, 0.5) is 0 Å². The molecule has 0 saturated carbocycles. The number of hydrogen-bond acceptors (Lipinski definition) is 2. The molecular formula is C17H24N2. The van der Waals surface area contributed by atoms with Gasteiger partial charge in [-0.25, -0.2) is 0 Å². The van der Waals surface area contributed by atoms with Crippen LogP contribution >= 0.6 is 0 Å². The van der Waals surface area contributed by atoms with E-state index in [1.54, 1.807) is 0 Å². The lowest BCUT2D eigenvalue weighted by molar-refractivity contribution is 0.102. The minimum Gasteiger partial charge on any atom is -0.295 e. The van der Waals surface area contributed by atoms with E-state index in [1.165, 1.54) is 17.5 Å². The molecule has 1 aromatic carbocycles. The van der Waals surface area contributed by atoms with E-state index in [4.69, 9.17) is 0 Å². The predicted octanol–water partition coefficient (Wildman–Crippen LogP) is 3.53. The zero-order chi connectivity index (χ0) is 14.0. The van der Waals surface area contributed by atoms with Crippen LogP contribution in [-0.4, -0.2) is 23.0 Å². The first-order chi connectivity index (χ1) is 9.04. The molecule has 0 heterocycles. The largest absolute Gasteiger partial charge is 0.295 e. The van der Waals surface area contributed by atoms with E-state index in [0.717, 1.165) is 18.4 Å². The van der Waals surface area contributed by atoms with Gasteiger partial charge >= 0.3 is 0 Å². The maximum absolute atomic E-state index is 9.27. The third-order valence-corrected chi connectivity index (χ3v) is 4.19. The molecule has 0 radical (unpaired) electrons. The van der Waals surface area contributed by atoms with Crippen LogP contribution in [0.5, 0.6) is 0 Å². The van der Waals surface area contributed by atoms with E-state index >= 15 is 0 Å². The first-order valence-electron chi connectivity index (χ1n) is 7.33. The van der Waals surface area contributed by atoms with Gasteiger partial charge in [0.2, 0.25) is 0 Å². The van der Waals surface area contributed by atoms with Gasteiger partial charge in [-0.2, -0.15) is 5.26 Å². The lowest BCUT2D eigenvalue weighted by Crippen LogP contribution is -2.47. The molecule has 0 aliphatic heterocycles. The smallest absolute Gasteiger partial charge is 0.0994 e. The molecule has 1 aliphatic rings. The van der Waals surface area contributed by atoms with Crippen molar-refractivity contribution < 1.29 is 0 Å². The van der Waals surface area contributed by atoms with Crippen molar-refractivity contribution in [1.29, 1.82) is 5.26 Å². The van der Waals surface area contributed by atoms with Crippen molar-refractivity contribution in [3.05, 3.63) is 34.9 Å². The van der Waals surface area contributed by atoms with Crippen molar-refractivity contribution in [3.63, 3.8) is 0 Å². The van der Waals surface area contributed by atoms with E-state index in [9.17, 15) is 5.26 Å². The van der Waals surface area contributed by atoms with E-state index < -0.39 is 0 Å². The van der Waals surface area contributed by atoms with Crippen LogP contribution in [0.2, 0.25) is 0 Å². The molecule has 1 aromatic rings. The third kappa shape index (κ3) is 2.82. The Morgan fingerprint density at radius 3 is 2.47 bits per heavy atom. The molecule has 0 aromatic heterocycles. The van der Waals surface area contributed by atoms with Gasteiger partial charge < -0.3 is 0 Å². The Balaban J connectivity index is 2.29. The van der Waals surface area contributed by atoms with Crippen LogP contribution < -0.4 is 0 Å². The molecule has 0 saturated heterocycles. The van der Waals surface area contributed by atoms with E-state index in [0.29, 0.717) is 18.1 Å². The Labute approximate surface area is 117 Å². The number of rotatable bonds is 3. The van der Waals surface area contributed by atoms with Crippen molar-refractivity contribution in [2.75, 3.05) is 0 Å². The lowest BCUT2D eigenvalue weighted by atomic mass is 9.84. The highest BCUT2D eigenvalue weighted by atomic mass is 15.2. The SMILES string of the molecule is CC(C)N(C(C)C)[C@H]1CCc2cccc(C#N)c2C1. The second-order valence-corrected chi connectivity index (χ2v) is 6.09. The summed E-state index contributed by atoms with van der Waals surface area (Å²) in [5.74, 6) is 0. The van der Waals surface area contributed by atoms with Gasteiger partial charge in [0.05, 0.1) is 11.6 Å². The standard InChI is InChI=1S/C17H24N2/c1-12(2)19(13(3)4)16-9-8-14-6-5-7-15(11-18)17(14)10-16/h5-7,12-13,16H,8-10H2,1-4H3/t16-/m0/s1. The number of nitrogens with zero attached hydrogens (tertiary/aromatic N) is 2. The Morgan fingerprint density at radius 2 is 1.89 bits per heavy atom. The van der Waals surface area contributed by atoms with E-state index in [1.807, 2.05) is 12.1 Å². The molecule has 0 fully saturated rings. The zero-order valence-electron chi connectivity index (χ0n) is 12.5. The molecule has 0 unspecified atom stereocenters. The molecule has 19 heavy (non-hydrogen) atoms. The highest BCUT2D eigenvalue weighted by molar-refractivity contribution is 5.44. The van der Waals surface area contributed by atoms with Gasteiger partial charge in [-0.05, 0) is 64.2 Å². The Morgan fingerprint density at radius 1 is 1.21 bits per heavy atom. The maximum atomic E-state index is 9.27. The summed E-state index contributed by atoms with van der Waals surface area (Å²) < 4.78 is 0. The topological polar surface area (TPSA) is 27.0 Å². The van der Waals surface area contributed by atoms with Gasteiger partial charge in [0.1, 0.15) is 0 Å². The Bertz CT molecular complexity index is 475.